The number of nitriles is 2. The molecule has 3 aromatic carbocycles. The van der Waals surface area contributed by atoms with Crippen LogP contribution in [0.15, 0.2) is 72.8 Å². The number of hydrogen-bond donors (Lipinski definition) is 1. The third-order valence-electron chi connectivity index (χ3n) is 6.11. The molecule has 0 saturated carbocycles. The van der Waals surface area contributed by atoms with Gasteiger partial charge in [-0.05, 0) is 66.1 Å². The summed E-state index contributed by atoms with van der Waals surface area (Å²) < 4.78 is 39.3. The molecule has 0 aliphatic carbocycles. The first-order valence-corrected chi connectivity index (χ1v) is 11.0. The van der Waals surface area contributed by atoms with Crippen LogP contribution in [-0.2, 0) is 6.18 Å². The standard InChI is InChI=1S/C27H21F3N4O/c28-27(29,30)23-11-9-21(10-12-23)25(20-5-1-18(15-31)2-6-20)34-14-13-24(17-34)33-26(35)22-7-3-19(16-32)4-8-22/h1-12,24-25H,13-14,17H2,(H,33,35)/t24-,25?/m1/s1. The largest absolute Gasteiger partial charge is 0.416 e. The van der Waals surface area contributed by atoms with Crippen molar-refractivity contribution in [1.29, 1.82) is 10.5 Å². The molecule has 1 fully saturated rings. The van der Waals surface area contributed by atoms with Crippen molar-refractivity contribution in [2.24, 2.45) is 0 Å². The molecule has 8 heteroatoms. The molecule has 35 heavy (non-hydrogen) atoms. The van der Waals surface area contributed by atoms with E-state index in [2.05, 4.69) is 16.3 Å². The third-order valence-corrected chi connectivity index (χ3v) is 6.11. The van der Waals surface area contributed by atoms with Crippen molar-refractivity contribution in [3.8, 4) is 12.1 Å². The van der Waals surface area contributed by atoms with Crippen LogP contribution in [0.4, 0.5) is 13.2 Å². The topological polar surface area (TPSA) is 79.9 Å². The molecule has 1 saturated heterocycles. The van der Waals surface area contributed by atoms with Gasteiger partial charge in [0.05, 0.1) is 34.9 Å². The Balaban J connectivity index is 1.55. The van der Waals surface area contributed by atoms with Gasteiger partial charge in [-0.1, -0.05) is 24.3 Å². The number of rotatable bonds is 5. The van der Waals surface area contributed by atoms with Gasteiger partial charge in [0.15, 0.2) is 0 Å². The maximum atomic E-state index is 13.1. The van der Waals surface area contributed by atoms with Gasteiger partial charge in [0.25, 0.3) is 5.91 Å². The van der Waals surface area contributed by atoms with E-state index in [1.165, 1.54) is 12.1 Å². The molecule has 1 heterocycles. The second-order valence-corrected chi connectivity index (χ2v) is 8.40. The van der Waals surface area contributed by atoms with Crippen molar-refractivity contribution in [2.45, 2.75) is 24.7 Å². The number of likely N-dealkylation sites (tertiary alicyclic amines) is 1. The zero-order valence-corrected chi connectivity index (χ0v) is 18.6. The first kappa shape index (κ1) is 24.0. The maximum Gasteiger partial charge on any atom is 0.416 e. The summed E-state index contributed by atoms with van der Waals surface area (Å²) in [5.41, 5.74) is 2.25. The number of carbonyl (C=O) groups excluding carboxylic acids is 1. The number of hydrogen-bond acceptors (Lipinski definition) is 4. The molecular formula is C27H21F3N4O. The maximum absolute atomic E-state index is 13.1. The number of alkyl halides is 3. The molecule has 0 bridgehead atoms. The Bertz CT molecular complexity index is 1270. The number of nitrogens with zero attached hydrogens (tertiary/aromatic N) is 3. The minimum Gasteiger partial charge on any atom is -0.348 e. The van der Waals surface area contributed by atoms with Crippen molar-refractivity contribution >= 4 is 5.91 Å². The Kier molecular flexibility index (Phi) is 6.86. The highest BCUT2D eigenvalue weighted by Gasteiger charge is 2.33. The number of benzene rings is 3. The average Bonchev–Trinajstić information content (AvgIpc) is 3.32. The molecule has 5 nitrogen and oxygen atoms in total. The lowest BCUT2D eigenvalue weighted by atomic mass is 9.95. The monoisotopic (exact) mass is 474 g/mol. The molecule has 2 atom stereocenters. The van der Waals surface area contributed by atoms with Crippen molar-refractivity contribution in [3.63, 3.8) is 0 Å². The van der Waals surface area contributed by atoms with Gasteiger partial charge in [-0.15, -0.1) is 0 Å². The Morgan fingerprint density at radius 1 is 0.886 bits per heavy atom. The summed E-state index contributed by atoms with van der Waals surface area (Å²) in [7, 11) is 0. The second kappa shape index (κ2) is 10.0. The van der Waals surface area contributed by atoms with Crippen LogP contribution in [0, 0.1) is 22.7 Å². The molecule has 1 unspecified atom stereocenters. The van der Waals surface area contributed by atoms with E-state index in [9.17, 15) is 18.0 Å². The summed E-state index contributed by atoms with van der Waals surface area (Å²) >= 11 is 0. The Labute approximate surface area is 201 Å². The van der Waals surface area contributed by atoms with E-state index in [0.29, 0.717) is 41.8 Å². The smallest absolute Gasteiger partial charge is 0.348 e. The van der Waals surface area contributed by atoms with E-state index in [1.807, 2.05) is 18.2 Å². The number of amides is 1. The predicted octanol–water partition coefficient (Wildman–Crippen LogP) is 5.04. The van der Waals surface area contributed by atoms with E-state index < -0.39 is 11.7 Å². The van der Waals surface area contributed by atoms with Gasteiger partial charge in [-0.25, -0.2) is 0 Å². The fourth-order valence-electron chi connectivity index (χ4n) is 4.31. The molecule has 0 spiro atoms. The van der Waals surface area contributed by atoms with E-state index in [0.717, 1.165) is 17.7 Å². The fraction of sp³-hybridized carbons (Fsp3) is 0.222. The van der Waals surface area contributed by atoms with Gasteiger partial charge in [-0.3, -0.25) is 9.69 Å². The molecule has 1 aliphatic heterocycles. The van der Waals surface area contributed by atoms with E-state index >= 15 is 0 Å². The van der Waals surface area contributed by atoms with Crippen LogP contribution in [0.2, 0.25) is 0 Å². The number of halogens is 3. The predicted molar refractivity (Wildman–Crippen MR) is 123 cm³/mol. The van der Waals surface area contributed by atoms with Gasteiger partial charge in [-0.2, -0.15) is 23.7 Å². The van der Waals surface area contributed by atoms with Crippen LogP contribution in [0.1, 0.15) is 50.6 Å². The van der Waals surface area contributed by atoms with Gasteiger partial charge in [0.1, 0.15) is 0 Å². The van der Waals surface area contributed by atoms with Crippen LogP contribution >= 0.6 is 0 Å². The Morgan fingerprint density at radius 2 is 1.40 bits per heavy atom. The van der Waals surface area contributed by atoms with Crippen LogP contribution in [0.25, 0.3) is 0 Å². The summed E-state index contributed by atoms with van der Waals surface area (Å²) in [6, 6.07) is 22.1. The Morgan fingerprint density at radius 3 is 1.91 bits per heavy atom. The van der Waals surface area contributed by atoms with Crippen molar-refractivity contribution in [3.05, 3.63) is 106 Å². The summed E-state index contributed by atoms with van der Waals surface area (Å²) in [5.74, 6) is -0.245. The van der Waals surface area contributed by atoms with E-state index in [-0.39, 0.29) is 18.0 Å². The molecule has 0 aromatic heterocycles. The van der Waals surface area contributed by atoms with Gasteiger partial charge in [0.2, 0.25) is 0 Å². The SMILES string of the molecule is N#Cc1ccc(C(=O)N[C@@H]2CCN(C(c3ccc(C#N)cc3)c3ccc(C(F)(F)F)cc3)C2)cc1. The molecule has 1 N–H and O–H groups in total. The van der Waals surface area contributed by atoms with Crippen molar-refractivity contribution < 1.29 is 18.0 Å². The molecule has 1 amide bonds. The first-order valence-electron chi connectivity index (χ1n) is 11.0. The second-order valence-electron chi connectivity index (χ2n) is 8.40. The summed E-state index contributed by atoms with van der Waals surface area (Å²) in [5, 5.41) is 21.1. The van der Waals surface area contributed by atoms with Gasteiger partial charge >= 0.3 is 6.18 Å². The lowest BCUT2D eigenvalue weighted by Crippen LogP contribution is -2.38. The molecule has 1 aliphatic rings. The molecule has 4 rings (SSSR count). The summed E-state index contributed by atoms with van der Waals surface area (Å²) in [4.78, 5) is 14.8. The van der Waals surface area contributed by atoms with Crippen molar-refractivity contribution in [2.75, 3.05) is 13.1 Å². The highest BCUT2D eigenvalue weighted by Crippen LogP contribution is 2.35. The van der Waals surface area contributed by atoms with Crippen LogP contribution in [-0.4, -0.2) is 29.9 Å². The number of carbonyl (C=O) groups is 1. The highest BCUT2D eigenvalue weighted by atomic mass is 19.4. The lowest BCUT2D eigenvalue weighted by Gasteiger charge is -2.29. The first-order chi connectivity index (χ1) is 16.8. The fourth-order valence-corrected chi connectivity index (χ4v) is 4.31. The summed E-state index contributed by atoms with van der Waals surface area (Å²) in [6.07, 6.45) is -3.74. The third kappa shape index (κ3) is 5.51. The molecule has 3 aromatic rings. The highest BCUT2D eigenvalue weighted by molar-refractivity contribution is 5.94. The lowest BCUT2D eigenvalue weighted by molar-refractivity contribution is -0.137. The number of nitrogens with one attached hydrogen (secondary N) is 1. The molecule has 0 radical (unpaired) electrons. The van der Waals surface area contributed by atoms with E-state index in [4.69, 9.17) is 10.5 Å². The van der Waals surface area contributed by atoms with Gasteiger partial charge < -0.3 is 5.32 Å². The van der Waals surface area contributed by atoms with Crippen LogP contribution in [0.3, 0.4) is 0 Å². The Hall–Kier alpha value is -4.14. The zero-order valence-electron chi connectivity index (χ0n) is 18.6. The average molecular weight is 474 g/mol. The zero-order chi connectivity index (χ0) is 25.0. The summed E-state index contributed by atoms with van der Waals surface area (Å²) in [6.45, 7) is 1.14. The molecule has 176 valence electrons. The quantitative estimate of drug-likeness (QED) is 0.562. The molecular weight excluding hydrogens is 453 g/mol. The van der Waals surface area contributed by atoms with Crippen LogP contribution in [0.5, 0.6) is 0 Å². The van der Waals surface area contributed by atoms with Crippen LogP contribution < -0.4 is 5.32 Å². The van der Waals surface area contributed by atoms with Gasteiger partial charge in [0, 0.05) is 24.7 Å². The normalized spacial score (nSPS) is 16.8. The minimum absolute atomic E-state index is 0.145. The minimum atomic E-state index is -4.42. The van der Waals surface area contributed by atoms with Crippen molar-refractivity contribution in [1.82, 2.24) is 10.2 Å². The van der Waals surface area contributed by atoms with E-state index in [1.54, 1.807) is 36.4 Å².